The van der Waals surface area contributed by atoms with Gasteiger partial charge >= 0.3 is 0 Å². The van der Waals surface area contributed by atoms with Gasteiger partial charge in [0, 0.05) is 29.5 Å². The van der Waals surface area contributed by atoms with E-state index in [-0.39, 0.29) is 0 Å². The van der Waals surface area contributed by atoms with E-state index in [1.165, 1.54) is 21.0 Å². The second-order valence-electron chi connectivity index (χ2n) is 5.21. The van der Waals surface area contributed by atoms with E-state index >= 15 is 0 Å². The highest BCUT2D eigenvalue weighted by atomic mass is 32.1. The molecule has 0 aliphatic heterocycles. The summed E-state index contributed by atoms with van der Waals surface area (Å²) in [6.45, 7) is 4.47. The average molecular weight is 271 g/mol. The maximum atomic E-state index is 2.24. The lowest BCUT2D eigenvalue weighted by Gasteiger charge is -2.11. The monoisotopic (exact) mass is 271 g/mol. The Morgan fingerprint density at radius 3 is 2.16 bits per heavy atom. The summed E-state index contributed by atoms with van der Waals surface area (Å²) in [5.74, 6) is 0.617. The van der Waals surface area contributed by atoms with Gasteiger partial charge in [-0.2, -0.15) is 0 Å². The van der Waals surface area contributed by atoms with Gasteiger partial charge in [-0.05, 0) is 41.8 Å². The minimum Gasteiger partial charge on any atom is -0.378 e. The first-order valence-electron chi connectivity index (χ1n) is 6.61. The molecule has 2 heteroatoms. The molecule has 0 spiro atoms. The summed E-state index contributed by atoms with van der Waals surface area (Å²) in [5.41, 5.74) is 2.47. The molecule has 1 aromatic carbocycles. The van der Waals surface area contributed by atoms with Crippen molar-refractivity contribution in [3.8, 4) is 0 Å². The van der Waals surface area contributed by atoms with Gasteiger partial charge in [-0.15, -0.1) is 11.3 Å². The summed E-state index contributed by atoms with van der Waals surface area (Å²) in [6, 6.07) is 13.0. The summed E-state index contributed by atoms with van der Waals surface area (Å²) in [6.07, 6.45) is 4.37. The number of rotatable bonds is 4. The number of nitrogens with zero attached hydrogens (tertiary/aromatic N) is 1. The number of hydrogen-bond acceptors (Lipinski definition) is 2. The van der Waals surface area contributed by atoms with Crippen LogP contribution in [-0.4, -0.2) is 14.1 Å². The number of benzene rings is 1. The summed E-state index contributed by atoms with van der Waals surface area (Å²) >= 11 is 1.87. The highest BCUT2D eigenvalue weighted by Crippen LogP contribution is 2.25. The molecule has 0 aliphatic rings. The maximum absolute atomic E-state index is 2.24. The van der Waals surface area contributed by atoms with Gasteiger partial charge in [0.25, 0.3) is 0 Å². The van der Waals surface area contributed by atoms with Gasteiger partial charge in [0.2, 0.25) is 0 Å². The lowest BCUT2D eigenvalue weighted by Crippen LogP contribution is -2.07. The van der Waals surface area contributed by atoms with Crippen LogP contribution in [0.3, 0.4) is 0 Å². The van der Waals surface area contributed by atoms with Crippen molar-refractivity contribution >= 4 is 29.2 Å². The molecular formula is C17H21NS. The molecule has 0 radical (unpaired) electrons. The average Bonchev–Trinajstić information content (AvgIpc) is 2.86. The van der Waals surface area contributed by atoms with Gasteiger partial charge in [-0.1, -0.05) is 32.1 Å². The summed E-state index contributed by atoms with van der Waals surface area (Å²) in [7, 11) is 4.12. The third-order valence-corrected chi connectivity index (χ3v) is 4.42. The van der Waals surface area contributed by atoms with E-state index in [1.54, 1.807) is 0 Å². The smallest absolute Gasteiger partial charge is 0.0361 e. The van der Waals surface area contributed by atoms with Gasteiger partial charge in [-0.25, -0.2) is 0 Å². The van der Waals surface area contributed by atoms with Crippen molar-refractivity contribution < 1.29 is 0 Å². The van der Waals surface area contributed by atoms with E-state index in [4.69, 9.17) is 0 Å². The molecule has 1 nitrogen and oxygen atoms in total. The number of anilines is 1. The van der Waals surface area contributed by atoms with E-state index < -0.39 is 0 Å². The van der Waals surface area contributed by atoms with Crippen LogP contribution < -0.4 is 4.90 Å². The molecule has 2 aromatic rings. The molecule has 19 heavy (non-hydrogen) atoms. The van der Waals surface area contributed by atoms with Crippen molar-refractivity contribution in [3.63, 3.8) is 0 Å². The minimum atomic E-state index is 0.617. The van der Waals surface area contributed by atoms with E-state index in [2.05, 4.69) is 81.4 Å². The first kappa shape index (κ1) is 13.9. The zero-order valence-corrected chi connectivity index (χ0v) is 12.9. The fourth-order valence-electron chi connectivity index (χ4n) is 1.83. The molecule has 0 N–H and O–H groups in total. The third-order valence-electron chi connectivity index (χ3n) is 3.07. The first-order valence-corrected chi connectivity index (χ1v) is 7.43. The molecule has 0 unspecified atom stereocenters. The lowest BCUT2D eigenvalue weighted by molar-refractivity contribution is 0.890. The predicted octanol–water partition coefficient (Wildman–Crippen LogP) is 5.11. The Bertz CT molecular complexity index is 547. The molecular weight excluding hydrogens is 250 g/mol. The van der Waals surface area contributed by atoms with Crippen LogP contribution in [0.15, 0.2) is 36.4 Å². The molecule has 0 fully saturated rings. The second-order valence-corrected chi connectivity index (χ2v) is 6.36. The zero-order valence-electron chi connectivity index (χ0n) is 12.1. The van der Waals surface area contributed by atoms with Crippen molar-refractivity contribution in [1.29, 1.82) is 0 Å². The standard InChI is InChI=1S/C17H21NS/c1-13(2)17-12-11-16(19-17)10-7-14-5-8-15(9-6-14)18(3)4/h5-13H,1-4H3/b10-7+. The van der Waals surface area contributed by atoms with Crippen LogP contribution in [0.25, 0.3) is 12.2 Å². The van der Waals surface area contributed by atoms with E-state index in [0.29, 0.717) is 5.92 Å². The zero-order chi connectivity index (χ0) is 13.8. The summed E-state index contributed by atoms with van der Waals surface area (Å²) in [5, 5.41) is 0. The van der Waals surface area contributed by atoms with Crippen LogP contribution in [0.5, 0.6) is 0 Å². The van der Waals surface area contributed by atoms with Gasteiger partial charge in [0.15, 0.2) is 0 Å². The Kier molecular flexibility index (Phi) is 4.43. The number of hydrogen-bond donors (Lipinski definition) is 0. The Balaban J connectivity index is 2.09. The second kappa shape index (κ2) is 6.07. The van der Waals surface area contributed by atoms with E-state index in [1.807, 2.05) is 11.3 Å². The van der Waals surface area contributed by atoms with Crippen molar-refractivity contribution in [2.24, 2.45) is 0 Å². The maximum Gasteiger partial charge on any atom is 0.0361 e. The molecule has 100 valence electrons. The first-order chi connectivity index (χ1) is 9.06. The minimum absolute atomic E-state index is 0.617. The van der Waals surface area contributed by atoms with Crippen molar-refractivity contribution in [2.75, 3.05) is 19.0 Å². The third kappa shape index (κ3) is 3.71. The SMILES string of the molecule is CC(C)c1ccc(/C=C/c2ccc(N(C)C)cc2)s1. The summed E-state index contributed by atoms with van der Waals surface area (Å²) in [4.78, 5) is 4.88. The quantitative estimate of drug-likeness (QED) is 0.747. The topological polar surface area (TPSA) is 3.24 Å². The molecule has 0 saturated heterocycles. The van der Waals surface area contributed by atoms with Crippen LogP contribution in [-0.2, 0) is 0 Å². The molecule has 1 aromatic heterocycles. The molecule has 0 aliphatic carbocycles. The van der Waals surface area contributed by atoms with Crippen molar-refractivity contribution in [2.45, 2.75) is 19.8 Å². The van der Waals surface area contributed by atoms with Crippen LogP contribution in [0.1, 0.15) is 35.1 Å². The largest absolute Gasteiger partial charge is 0.378 e. The van der Waals surface area contributed by atoms with E-state index in [9.17, 15) is 0 Å². The number of thiophene rings is 1. The Hall–Kier alpha value is -1.54. The van der Waals surface area contributed by atoms with Crippen LogP contribution in [0.4, 0.5) is 5.69 Å². The predicted molar refractivity (Wildman–Crippen MR) is 88.1 cm³/mol. The van der Waals surface area contributed by atoms with E-state index in [0.717, 1.165) is 0 Å². The Labute approximate surface area is 120 Å². The van der Waals surface area contributed by atoms with Gasteiger partial charge < -0.3 is 4.90 Å². The van der Waals surface area contributed by atoms with Gasteiger partial charge in [0.1, 0.15) is 0 Å². The molecule has 0 atom stereocenters. The highest BCUT2D eigenvalue weighted by molar-refractivity contribution is 7.13. The Morgan fingerprint density at radius 1 is 0.947 bits per heavy atom. The molecule has 0 bridgehead atoms. The molecule has 0 saturated carbocycles. The Morgan fingerprint density at radius 2 is 1.63 bits per heavy atom. The van der Waals surface area contributed by atoms with Crippen molar-refractivity contribution in [1.82, 2.24) is 0 Å². The summed E-state index contributed by atoms with van der Waals surface area (Å²) < 4.78 is 0. The van der Waals surface area contributed by atoms with Crippen molar-refractivity contribution in [3.05, 3.63) is 51.7 Å². The fraction of sp³-hybridized carbons (Fsp3) is 0.294. The van der Waals surface area contributed by atoms with Crippen LogP contribution in [0.2, 0.25) is 0 Å². The highest BCUT2D eigenvalue weighted by Gasteiger charge is 2.01. The molecule has 0 amide bonds. The van der Waals surface area contributed by atoms with Crippen LogP contribution >= 0.6 is 11.3 Å². The molecule has 1 heterocycles. The fourth-order valence-corrected chi connectivity index (χ4v) is 2.75. The van der Waals surface area contributed by atoms with Crippen LogP contribution in [0, 0.1) is 0 Å². The van der Waals surface area contributed by atoms with Gasteiger partial charge in [0.05, 0.1) is 0 Å². The lowest BCUT2D eigenvalue weighted by atomic mass is 10.1. The normalized spacial score (nSPS) is 11.4. The molecule has 2 rings (SSSR count). The van der Waals surface area contributed by atoms with Gasteiger partial charge in [-0.3, -0.25) is 0 Å².